The van der Waals surface area contributed by atoms with Crippen molar-refractivity contribution in [3.63, 3.8) is 0 Å². The number of anilines is 4. The number of aliphatic carboxylic acids is 1. The highest BCUT2D eigenvalue weighted by molar-refractivity contribution is 7.16. The summed E-state index contributed by atoms with van der Waals surface area (Å²) in [5.41, 5.74) is 7.36. The highest BCUT2D eigenvalue weighted by atomic mass is 32.1. The molecule has 5 aromatic rings. The summed E-state index contributed by atoms with van der Waals surface area (Å²) < 4.78 is 0. The largest absolute Gasteiger partial charge is 0.477 e. The molecule has 5 rings (SSSR count). The molecular formula is C34H27N3O2S. The quantitative estimate of drug-likeness (QED) is 0.157. The van der Waals surface area contributed by atoms with Crippen molar-refractivity contribution in [1.29, 1.82) is 5.26 Å². The van der Waals surface area contributed by atoms with Crippen LogP contribution in [-0.4, -0.2) is 25.2 Å². The molecule has 0 amide bonds. The molecular weight excluding hydrogens is 514 g/mol. The van der Waals surface area contributed by atoms with Gasteiger partial charge in [0.05, 0.1) is 0 Å². The lowest BCUT2D eigenvalue weighted by Gasteiger charge is -2.26. The second kappa shape index (κ2) is 11.7. The van der Waals surface area contributed by atoms with Crippen LogP contribution in [0.5, 0.6) is 0 Å². The number of nitriles is 1. The van der Waals surface area contributed by atoms with Crippen LogP contribution >= 0.6 is 11.3 Å². The van der Waals surface area contributed by atoms with Gasteiger partial charge in [0.15, 0.2) is 0 Å². The Bertz CT molecular complexity index is 1680. The molecule has 196 valence electrons. The summed E-state index contributed by atoms with van der Waals surface area (Å²) in [5.74, 6) is -1.22. The Morgan fingerprint density at radius 2 is 1.20 bits per heavy atom. The fraction of sp³-hybridized carbons (Fsp3) is 0.0588. The van der Waals surface area contributed by atoms with Gasteiger partial charge in [0.2, 0.25) is 0 Å². The summed E-state index contributed by atoms with van der Waals surface area (Å²) in [6.45, 7) is 0. The minimum absolute atomic E-state index is 0.279. The van der Waals surface area contributed by atoms with Crippen molar-refractivity contribution in [1.82, 2.24) is 0 Å². The molecule has 0 bridgehead atoms. The van der Waals surface area contributed by atoms with Crippen molar-refractivity contribution in [3.05, 3.63) is 126 Å². The summed E-state index contributed by atoms with van der Waals surface area (Å²) in [6.07, 6.45) is 1.41. The Morgan fingerprint density at radius 3 is 1.70 bits per heavy atom. The van der Waals surface area contributed by atoms with Crippen LogP contribution in [0.4, 0.5) is 22.7 Å². The van der Waals surface area contributed by atoms with Crippen LogP contribution in [-0.2, 0) is 4.79 Å². The molecule has 0 saturated carbocycles. The van der Waals surface area contributed by atoms with E-state index in [1.807, 2.05) is 44.4 Å². The van der Waals surface area contributed by atoms with Crippen LogP contribution in [0.2, 0.25) is 0 Å². The predicted molar refractivity (Wildman–Crippen MR) is 165 cm³/mol. The zero-order chi connectivity index (χ0) is 28.1. The van der Waals surface area contributed by atoms with Gasteiger partial charge in [0.1, 0.15) is 11.6 Å². The van der Waals surface area contributed by atoms with Gasteiger partial charge in [-0.05, 0) is 83.4 Å². The number of carboxylic acids is 1. The van der Waals surface area contributed by atoms with E-state index in [1.54, 1.807) is 6.07 Å². The molecule has 0 saturated heterocycles. The first-order valence-electron chi connectivity index (χ1n) is 12.7. The van der Waals surface area contributed by atoms with Gasteiger partial charge in [0.25, 0.3) is 0 Å². The highest BCUT2D eigenvalue weighted by Gasteiger charge is 2.14. The third kappa shape index (κ3) is 5.80. The van der Waals surface area contributed by atoms with Crippen LogP contribution in [0.1, 0.15) is 4.88 Å². The standard InChI is InChI=1S/C34H27N3O2S/c1-36(2)28-14-8-24(9-15-28)25-10-16-30(17-11-25)37(29-6-4-3-5-7-29)31-18-12-26(13-19-31)33-21-20-32(40-33)22-27(23-35)34(38)39/h3-22H,1-2H3,(H,38,39)/b27-22+. The minimum Gasteiger partial charge on any atom is -0.477 e. The van der Waals surface area contributed by atoms with Crippen molar-refractivity contribution >= 4 is 46.1 Å². The molecule has 0 fully saturated rings. The lowest BCUT2D eigenvalue weighted by Crippen LogP contribution is -2.09. The van der Waals surface area contributed by atoms with E-state index >= 15 is 0 Å². The molecule has 0 aliphatic rings. The van der Waals surface area contributed by atoms with Gasteiger partial charge in [-0.1, -0.05) is 54.6 Å². The van der Waals surface area contributed by atoms with Crippen LogP contribution in [0.25, 0.3) is 27.6 Å². The second-order valence-electron chi connectivity index (χ2n) is 9.38. The Kier molecular flexibility index (Phi) is 7.77. The van der Waals surface area contributed by atoms with Crippen LogP contribution in [0.3, 0.4) is 0 Å². The van der Waals surface area contributed by atoms with Gasteiger partial charge in [-0.15, -0.1) is 11.3 Å². The van der Waals surface area contributed by atoms with E-state index < -0.39 is 5.97 Å². The SMILES string of the molecule is CN(C)c1ccc(-c2ccc(N(c3ccccc3)c3ccc(-c4ccc(/C=C(\C#N)C(=O)O)s4)cc3)cc2)cc1. The van der Waals surface area contributed by atoms with Gasteiger partial charge >= 0.3 is 5.97 Å². The van der Waals surface area contributed by atoms with E-state index in [1.165, 1.54) is 28.7 Å². The lowest BCUT2D eigenvalue weighted by molar-refractivity contribution is -0.132. The number of benzene rings is 4. The molecule has 0 aliphatic carbocycles. The summed E-state index contributed by atoms with van der Waals surface area (Å²) >= 11 is 1.45. The lowest BCUT2D eigenvalue weighted by atomic mass is 10.0. The molecule has 40 heavy (non-hydrogen) atoms. The van der Waals surface area contributed by atoms with Gasteiger partial charge < -0.3 is 14.9 Å². The first-order chi connectivity index (χ1) is 19.4. The molecule has 0 spiro atoms. The number of nitrogens with zero attached hydrogens (tertiary/aromatic N) is 3. The number of hydrogen-bond donors (Lipinski definition) is 1. The van der Waals surface area contributed by atoms with E-state index in [4.69, 9.17) is 10.4 Å². The number of hydrogen-bond acceptors (Lipinski definition) is 5. The monoisotopic (exact) mass is 541 g/mol. The third-order valence-electron chi connectivity index (χ3n) is 6.53. The molecule has 1 heterocycles. The van der Waals surface area contributed by atoms with E-state index in [-0.39, 0.29) is 5.57 Å². The Balaban J connectivity index is 1.44. The Morgan fingerprint density at radius 1 is 0.700 bits per heavy atom. The van der Waals surface area contributed by atoms with E-state index in [9.17, 15) is 4.79 Å². The summed E-state index contributed by atoms with van der Waals surface area (Å²) in [4.78, 5) is 17.2. The minimum atomic E-state index is -1.22. The fourth-order valence-corrected chi connectivity index (χ4v) is 5.38. The molecule has 1 N–H and O–H groups in total. The molecule has 6 heteroatoms. The van der Waals surface area contributed by atoms with Gasteiger partial charge in [-0.2, -0.15) is 5.26 Å². The molecule has 0 aliphatic heterocycles. The molecule has 1 aromatic heterocycles. The highest BCUT2D eigenvalue weighted by Crippen LogP contribution is 2.37. The van der Waals surface area contributed by atoms with Gasteiger partial charge in [-0.25, -0.2) is 4.79 Å². The normalized spacial score (nSPS) is 11.1. The Labute approximate surface area is 238 Å². The third-order valence-corrected chi connectivity index (χ3v) is 7.61. The van der Waals surface area contributed by atoms with Crippen LogP contribution in [0, 0.1) is 11.3 Å². The molecule has 4 aromatic carbocycles. The fourth-order valence-electron chi connectivity index (χ4n) is 4.42. The molecule has 0 unspecified atom stereocenters. The average molecular weight is 542 g/mol. The number of para-hydroxylation sites is 1. The van der Waals surface area contributed by atoms with Crippen LogP contribution in [0.15, 0.2) is 121 Å². The molecule has 0 atom stereocenters. The summed E-state index contributed by atoms with van der Waals surface area (Å²) in [7, 11) is 4.08. The van der Waals surface area contributed by atoms with Crippen LogP contribution < -0.4 is 9.80 Å². The van der Waals surface area contributed by atoms with Crippen molar-refractivity contribution in [2.45, 2.75) is 0 Å². The maximum Gasteiger partial charge on any atom is 0.346 e. The first kappa shape index (κ1) is 26.5. The topological polar surface area (TPSA) is 67.6 Å². The van der Waals surface area contributed by atoms with Gasteiger partial charge in [-0.3, -0.25) is 0 Å². The average Bonchev–Trinajstić information content (AvgIpc) is 3.46. The maximum absolute atomic E-state index is 11.2. The second-order valence-corrected chi connectivity index (χ2v) is 10.5. The number of rotatable bonds is 8. The van der Waals surface area contributed by atoms with Crippen molar-refractivity contribution in [3.8, 4) is 27.6 Å². The Hall–Kier alpha value is -5.12. The van der Waals surface area contributed by atoms with Gasteiger partial charge in [0, 0.05) is 46.6 Å². The predicted octanol–water partition coefficient (Wildman–Crippen LogP) is 8.61. The van der Waals surface area contributed by atoms with Crippen molar-refractivity contribution in [2.24, 2.45) is 0 Å². The number of carboxylic acid groups (broad SMARTS) is 1. The van der Waals surface area contributed by atoms with Crippen molar-refractivity contribution in [2.75, 3.05) is 23.9 Å². The number of carbonyl (C=O) groups is 1. The molecule has 0 radical (unpaired) electrons. The zero-order valence-corrected chi connectivity index (χ0v) is 23.0. The maximum atomic E-state index is 11.2. The van der Waals surface area contributed by atoms with Crippen molar-refractivity contribution < 1.29 is 9.90 Å². The van der Waals surface area contributed by atoms with E-state index in [0.717, 1.165) is 37.9 Å². The summed E-state index contributed by atoms with van der Waals surface area (Å²) in [5, 5.41) is 18.2. The van der Waals surface area contributed by atoms with E-state index in [2.05, 4.69) is 94.7 Å². The van der Waals surface area contributed by atoms with E-state index in [0.29, 0.717) is 0 Å². The summed E-state index contributed by atoms with van der Waals surface area (Å²) in [6, 6.07) is 41.2. The smallest absolute Gasteiger partial charge is 0.346 e. The number of thiophene rings is 1. The molecule has 5 nitrogen and oxygen atoms in total. The first-order valence-corrected chi connectivity index (χ1v) is 13.5. The zero-order valence-electron chi connectivity index (χ0n) is 22.2.